The second-order valence-corrected chi connectivity index (χ2v) is 4.92. The molecule has 2 heteroatoms. The number of allylic oxidation sites excluding steroid dienone is 3. The normalized spacial score (nSPS) is 11.2. The predicted molar refractivity (Wildman–Crippen MR) is 83.1 cm³/mol. The lowest BCUT2D eigenvalue weighted by Crippen LogP contribution is -1.92. The Labute approximate surface area is 121 Å². The monoisotopic (exact) mass is 312 g/mol. The maximum Gasteiger partial charge on any atom is 0.185 e. The zero-order valence-corrected chi connectivity index (χ0v) is 11.9. The van der Waals surface area contributed by atoms with E-state index in [0.717, 1.165) is 10.0 Å². The van der Waals surface area contributed by atoms with Crippen molar-refractivity contribution < 1.29 is 4.79 Å². The Hall–Kier alpha value is -1.93. The molecule has 1 nitrogen and oxygen atoms in total. The zero-order valence-electron chi connectivity index (χ0n) is 10.3. The summed E-state index contributed by atoms with van der Waals surface area (Å²) in [6.07, 6.45) is 7.16. The van der Waals surface area contributed by atoms with Crippen molar-refractivity contribution in [2.75, 3.05) is 0 Å². The summed E-state index contributed by atoms with van der Waals surface area (Å²) in [5.41, 5.74) is 1.80. The van der Waals surface area contributed by atoms with E-state index in [1.54, 1.807) is 24.3 Å². The molecule has 0 bridgehead atoms. The highest BCUT2D eigenvalue weighted by atomic mass is 79.9. The SMILES string of the molecule is O=C(/C=C/C=C\c1ccccc1)c1ccc(Br)cc1. The molecule has 19 heavy (non-hydrogen) atoms. The van der Waals surface area contributed by atoms with Gasteiger partial charge in [-0.1, -0.05) is 64.5 Å². The molecule has 2 aromatic rings. The number of hydrogen-bond acceptors (Lipinski definition) is 1. The number of hydrogen-bond donors (Lipinski definition) is 0. The van der Waals surface area contributed by atoms with Gasteiger partial charge in [0.2, 0.25) is 0 Å². The Morgan fingerprint density at radius 2 is 1.58 bits per heavy atom. The summed E-state index contributed by atoms with van der Waals surface area (Å²) in [7, 11) is 0. The number of carbonyl (C=O) groups excluding carboxylic acids is 1. The Kier molecular flexibility index (Phi) is 4.87. The molecule has 0 N–H and O–H groups in total. The number of halogens is 1. The quantitative estimate of drug-likeness (QED) is 0.446. The molecule has 0 saturated carbocycles. The van der Waals surface area contributed by atoms with Crippen LogP contribution in [0.4, 0.5) is 0 Å². The molecule has 0 saturated heterocycles. The highest BCUT2D eigenvalue weighted by Crippen LogP contribution is 2.11. The molecule has 0 aliphatic heterocycles. The predicted octanol–water partition coefficient (Wildman–Crippen LogP) is 4.90. The first kappa shape index (κ1) is 13.5. The zero-order chi connectivity index (χ0) is 13.5. The van der Waals surface area contributed by atoms with Gasteiger partial charge in [-0.15, -0.1) is 0 Å². The van der Waals surface area contributed by atoms with E-state index in [4.69, 9.17) is 0 Å². The minimum absolute atomic E-state index is 0.00483. The first-order valence-electron chi connectivity index (χ1n) is 5.95. The molecule has 0 aromatic heterocycles. The molecular weight excluding hydrogens is 300 g/mol. The third-order valence-corrected chi connectivity index (χ3v) is 3.10. The van der Waals surface area contributed by atoms with Crippen LogP contribution >= 0.6 is 15.9 Å². The van der Waals surface area contributed by atoms with Crippen molar-refractivity contribution >= 4 is 27.8 Å². The van der Waals surface area contributed by atoms with Crippen LogP contribution in [0.25, 0.3) is 6.08 Å². The van der Waals surface area contributed by atoms with Gasteiger partial charge in [-0.2, -0.15) is 0 Å². The van der Waals surface area contributed by atoms with Crippen LogP contribution in [-0.4, -0.2) is 5.78 Å². The summed E-state index contributed by atoms with van der Waals surface area (Å²) >= 11 is 3.34. The van der Waals surface area contributed by atoms with Crippen LogP contribution in [0, 0.1) is 0 Å². The van der Waals surface area contributed by atoms with Crippen LogP contribution in [0.3, 0.4) is 0 Å². The molecule has 0 aliphatic rings. The summed E-state index contributed by atoms with van der Waals surface area (Å²) in [5.74, 6) is 0.00483. The maximum absolute atomic E-state index is 11.8. The fraction of sp³-hybridized carbons (Fsp3) is 0. The van der Waals surface area contributed by atoms with E-state index in [9.17, 15) is 4.79 Å². The van der Waals surface area contributed by atoms with Crippen molar-refractivity contribution in [1.82, 2.24) is 0 Å². The van der Waals surface area contributed by atoms with Gasteiger partial charge >= 0.3 is 0 Å². The summed E-state index contributed by atoms with van der Waals surface area (Å²) in [6.45, 7) is 0. The maximum atomic E-state index is 11.8. The Morgan fingerprint density at radius 3 is 2.26 bits per heavy atom. The van der Waals surface area contributed by atoms with Gasteiger partial charge < -0.3 is 0 Å². The lowest BCUT2D eigenvalue weighted by Gasteiger charge is -1.95. The summed E-state index contributed by atoms with van der Waals surface area (Å²) < 4.78 is 0.969. The van der Waals surface area contributed by atoms with Crippen LogP contribution in [0.2, 0.25) is 0 Å². The van der Waals surface area contributed by atoms with E-state index in [1.807, 2.05) is 54.6 Å². The van der Waals surface area contributed by atoms with Crippen molar-refractivity contribution in [3.8, 4) is 0 Å². The highest BCUT2D eigenvalue weighted by molar-refractivity contribution is 9.10. The molecule has 0 fully saturated rings. The Morgan fingerprint density at radius 1 is 0.895 bits per heavy atom. The van der Waals surface area contributed by atoms with Crippen LogP contribution < -0.4 is 0 Å². The molecule has 0 atom stereocenters. The van der Waals surface area contributed by atoms with Crippen LogP contribution in [0.15, 0.2) is 77.3 Å². The number of ketones is 1. The molecule has 0 amide bonds. The summed E-state index contributed by atoms with van der Waals surface area (Å²) in [4.78, 5) is 11.8. The van der Waals surface area contributed by atoms with Gasteiger partial charge in [-0.3, -0.25) is 4.79 Å². The van der Waals surface area contributed by atoms with Gasteiger partial charge in [0, 0.05) is 10.0 Å². The largest absolute Gasteiger partial charge is 0.289 e. The second-order valence-electron chi connectivity index (χ2n) is 4.00. The number of carbonyl (C=O) groups is 1. The summed E-state index contributed by atoms with van der Waals surface area (Å²) in [6, 6.07) is 17.3. The van der Waals surface area contributed by atoms with Gasteiger partial charge in [0.25, 0.3) is 0 Å². The first-order valence-corrected chi connectivity index (χ1v) is 6.75. The molecule has 0 unspecified atom stereocenters. The topological polar surface area (TPSA) is 17.1 Å². The van der Waals surface area contributed by atoms with Crippen molar-refractivity contribution in [3.05, 3.63) is 88.4 Å². The molecule has 0 heterocycles. The number of rotatable bonds is 4. The minimum Gasteiger partial charge on any atom is -0.289 e. The highest BCUT2D eigenvalue weighted by Gasteiger charge is 1.99. The van der Waals surface area contributed by atoms with E-state index in [0.29, 0.717) is 5.56 Å². The Bertz CT molecular complexity index is 595. The lowest BCUT2D eigenvalue weighted by atomic mass is 10.1. The molecular formula is C17H13BrO. The average Bonchev–Trinajstić information content (AvgIpc) is 2.45. The van der Waals surface area contributed by atoms with E-state index in [-0.39, 0.29) is 5.78 Å². The third kappa shape index (κ3) is 4.34. The van der Waals surface area contributed by atoms with E-state index in [1.165, 1.54) is 0 Å². The molecule has 0 radical (unpaired) electrons. The molecule has 2 rings (SSSR count). The van der Waals surface area contributed by atoms with Crippen molar-refractivity contribution in [2.45, 2.75) is 0 Å². The van der Waals surface area contributed by atoms with E-state index < -0.39 is 0 Å². The fourth-order valence-corrected chi connectivity index (χ4v) is 1.85. The van der Waals surface area contributed by atoms with Crippen molar-refractivity contribution in [1.29, 1.82) is 0 Å². The number of benzene rings is 2. The summed E-state index contributed by atoms with van der Waals surface area (Å²) in [5, 5.41) is 0. The lowest BCUT2D eigenvalue weighted by molar-refractivity contribution is 0.104. The minimum atomic E-state index is 0.00483. The van der Waals surface area contributed by atoms with Gasteiger partial charge in [-0.05, 0) is 35.9 Å². The smallest absolute Gasteiger partial charge is 0.185 e. The molecule has 0 spiro atoms. The van der Waals surface area contributed by atoms with Crippen LogP contribution in [0.1, 0.15) is 15.9 Å². The molecule has 94 valence electrons. The van der Waals surface area contributed by atoms with Gasteiger partial charge in [0.1, 0.15) is 0 Å². The average molecular weight is 313 g/mol. The second kappa shape index (κ2) is 6.86. The van der Waals surface area contributed by atoms with Gasteiger partial charge in [0.05, 0.1) is 0 Å². The first-order chi connectivity index (χ1) is 9.25. The van der Waals surface area contributed by atoms with Gasteiger partial charge in [0.15, 0.2) is 5.78 Å². The van der Waals surface area contributed by atoms with E-state index in [2.05, 4.69) is 15.9 Å². The van der Waals surface area contributed by atoms with Crippen molar-refractivity contribution in [2.24, 2.45) is 0 Å². The Balaban J connectivity index is 1.97. The molecule has 2 aromatic carbocycles. The van der Waals surface area contributed by atoms with Crippen LogP contribution in [-0.2, 0) is 0 Å². The fourth-order valence-electron chi connectivity index (χ4n) is 1.58. The van der Waals surface area contributed by atoms with Gasteiger partial charge in [-0.25, -0.2) is 0 Å². The van der Waals surface area contributed by atoms with E-state index >= 15 is 0 Å². The molecule has 0 aliphatic carbocycles. The third-order valence-electron chi connectivity index (χ3n) is 2.58. The standard InChI is InChI=1S/C17H13BrO/c18-16-12-10-15(11-13-16)17(19)9-5-4-8-14-6-2-1-3-7-14/h1-13H/b8-4-,9-5+. The van der Waals surface area contributed by atoms with Crippen LogP contribution in [0.5, 0.6) is 0 Å². The van der Waals surface area contributed by atoms with Crippen molar-refractivity contribution in [3.63, 3.8) is 0 Å².